The molecule has 0 saturated carbocycles. The highest BCUT2D eigenvalue weighted by Crippen LogP contribution is 2.36. The van der Waals surface area contributed by atoms with Crippen molar-refractivity contribution in [2.45, 2.75) is 25.6 Å². The molecule has 1 aromatic rings. The molecule has 0 aliphatic carbocycles. The normalized spacial score (nSPS) is 13.5. The fourth-order valence-corrected chi connectivity index (χ4v) is 1.64. The summed E-state index contributed by atoms with van der Waals surface area (Å²) in [6.45, 7) is 5.19. The SMILES string of the molecule is C=C(C)C[C@H](N)c1c(F)cccc1C(F)(F)F. The molecule has 0 unspecified atom stereocenters. The molecule has 0 aliphatic rings. The smallest absolute Gasteiger partial charge is 0.324 e. The van der Waals surface area contributed by atoms with Crippen molar-refractivity contribution in [2.75, 3.05) is 0 Å². The van der Waals surface area contributed by atoms with E-state index in [0.717, 1.165) is 18.2 Å². The van der Waals surface area contributed by atoms with E-state index in [1.165, 1.54) is 0 Å². The van der Waals surface area contributed by atoms with Gasteiger partial charge in [0.1, 0.15) is 5.82 Å². The Hall–Kier alpha value is -1.36. The van der Waals surface area contributed by atoms with Crippen LogP contribution in [-0.4, -0.2) is 0 Å². The van der Waals surface area contributed by atoms with Gasteiger partial charge in [-0.3, -0.25) is 0 Å². The zero-order valence-electron chi connectivity index (χ0n) is 9.31. The Morgan fingerprint density at radius 3 is 2.47 bits per heavy atom. The van der Waals surface area contributed by atoms with E-state index >= 15 is 0 Å². The van der Waals surface area contributed by atoms with Gasteiger partial charge in [-0.1, -0.05) is 11.6 Å². The first-order valence-electron chi connectivity index (χ1n) is 4.99. The molecule has 1 atom stereocenters. The molecule has 17 heavy (non-hydrogen) atoms. The zero-order chi connectivity index (χ0) is 13.2. The fourth-order valence-electron chi connectivity index (χ4n) is 1.64. The topological polar surface area (TPSA) is 26.0 Å². The molecule has 0 aromatic heterocycles. The largest absolute Gasteiger partial charge is 0.416 e. The molecule has 0 aliphatic heterocycles. The maximum Gasteiger partial charge on any atom is 0.416 e. The first-order chi connectivity index (χ1) is 7.73. The molecule has 0 saturated heterocycles. The Labute approximate surface area is 96.9 Å². The van der Waals surface area contributed by atoms with Crippen LogP contribution in [0.15, 0.2) is 30.4 Å². The molecule has 0 spiro atoms. The predicted molar refractivity (Wildman–Crippen MR) is 57.8 cm³/mol. The van der Waals surface area contributed by atoms with Crippen LogP contribution < -0.4 is 5.73 Å². The number of benzene rings is 1. The van der Waals surface area contributed by atoms with Crippen molar-refractivity contribution in [1.29, 1.82) is 0 Å². The van der Waals surface area contributed by atoms with Gasteiger partial charge in [0.05, 0.1) is 5.56 Å². The van der Waals surface area contributed by atoms with Gasteiger partial charge in [-0.2, -0.15) is 13.2 Å². The van der Waals surface area contributed by atoms with E-state index in [2.05, 4.69) is 6.58 Å². The van der Waals surface area contributed by atoms with Crippen molar-refractivity contribution in [1.82, 2.24) is 0 Å². The average Bonchev–Trinajstić information content (AvgIpc) is 2.14. The molecule has 0 bridgehead atoms. The van der Waals surface area contributed by atoms with Gasteiger partial charge in [0.25, 0.3) is 0 Å². The summed E-state index contributed by atoms with van der Waals surface area (Å²) in [7, 11) is 0. The first kappa shape index (κ1) is 13.7. The summed E-state index contributed by atoms with van der Waals surface area (Å²) in [4.78, 5) is 0. The van der Waals surface area contributed by atoms with E-state index in [1.54, 1.807) is 6.92 Å². The van der Waals surface area contributed by atoms with Crippen molar-refractivity contribution in [2.24, 2.45) is 5.73 Å². The number of halogens is 4. The third-order valence-corrected chi connectivity index (χ3v) is 2.30. The molecule has 94 valence electrons. The van der Waals surface area contributed by atoms with Crippen molar-refractivity contribution in [3.8, 4) is 0 Å². The van der Waals surface area contributed by atoms with E-state index in [1.807, 2.05) is 0 Å². The van der Waals surface area contributed by atoms with Gasteiger partial charge < -0.3 is 5.73 Å². The number of rotatable bonds is 3. The van der Waals surface area contributed by atoms with E-state index in [9.17, 15) is 17.6 Å². The van der Waals surface area contributed by atoms with Gasteiger partial charge in [-0.15, -0.1) is 6.58 Å². The number of hydrogen-bond donors (Lipinski definition) is 1. The summed E-state index contributed by atoms with van der Waals surface area (Å²) in [5.41, 5.74) is 4.68. The van der Waals surface area contributed by atoms with Crippen LogP contribution in [0.1, 0.15) is 30.5 Å². The minimum Gasteiger partial charge on any atom is -0.324 e. The van der Waals surface area contributed by atoms with Crippen molar-refractivity contribution >= 4 is 0 Å². The minimum atomic E-state index is -4.61. The second-order valence-electron chi connectivity index (χ2n) is 3.97. The van der Waals surface area contributed by atoms with Crippen LogP contribution in [0.4, 0.5) is 17.6 Å². The van der Waals surface area contributed by atoms with Crippen LogP contribution in [-0.2, 0) is 6.18 Å². The lowest BCUT2D eigenvalue weighted by Crippen LogP contribution is -2.19. The van der Waals surface area contributed by atoms with Crippen LogP contribution in [0, 0.1) is 5.82 Å². The molecular weight excluding hydrogens is 234 g/mol. The summed E-state index contributed by atoms with van der Waals surface area (Å²) >= 11 is 0. The van der Waals surface area contributed by atoms with Crippen molar-refractivity contribution < 1.29 is 17.6 Å². The molecule has 2 N–H and O–H groups in total. The molecule has 1 rings (SSSR count). The Morgan fingerprint density at radius 1 is 1.41 bits per heavy atom. The fraction of sp³-hybridized carbons (Fsp3) is 0.333. The Bertz CT molecular complexity index is 423. The molecule has 1 aromatic carbocycles. The van der Waals surface area contributed by atoms with Gasteiger partial charge in [-0.05, 0) is 25.5 Å². The number of nitrogens with two attached hydrogens (primary N) is 1. The Morgan fingerprint density at radius 2 is 2.00 bits per heavy atom. The Balaban J connectivity index is 3.25. The van der Waals surface area contributed by atoms with Crippen LogP contribution in [0.5, 0.6) is 0 Å². The van der Waals surface area contributed by atoms with E-state index in [4.69, 9.17) is 5.73 Å². The van der Waals surface area contributed by atoms with Crippen LogP contribution in [0.2, 0.25) is 0 Å². The number of alkyl halides is 3. The van der Waals surface area contributed by atoms with Gasteiger partial charge in [0, 0.05) is 11.6 Å². The highest BCUT2D eigenvalue weighted by molar-refractivity contribution is 5.34. The Kier molecular flexibility index (Phi) is 3.93. The van der Waals surface area contributed by atoms with Crippen molar-refractivity contribution in [3.63, 3.8) is 0 Å². The maximum atomic E-state index is 13.5. The van der Waals surface area contributed by atoms with Crippen LogP contribution in [0.25, 0.3) is 0 Å². The van der Waals surface area contributed by atoms with E-state index in [-0.39, 0.29) is 6.42 Å². The van der Waals surface area contributed by atoms with Crippen molar-refractivity contribution in [3.05, 3.63) is 47.3 Å². The predicted octanol–water partition coefficient (Wildman–Crippen LogP) is 3.81. The molecule has 5 heteroatoms. The monoisotopic (exact) mass is 247 g/mol. The van der Waals surface area contributed by atoms with E-state index < -0.39 is 29.2 Å². The molecule has 0 radical (unpaired) electrons. The van der Waals surface area contributed by atoms with E-state index in [0.29, 0.717) is 5.57 Å². The summed E-state index contributed by atoms with van der Waals surface area (Å²) in [5.74, 6) is -0.937. The summed E-state index contributed by atoms with van der Waals surface area (Å²) in [5, 5.41) is 0. The third kappa shape index (κ3) is 3.30. The highest BCUT2D eigenvalue weighted by Gasteiger charge is 2.35. The second kappa shape index (κ2) is 4.87. The second-order valence-corrected chi connectivity index (χ2v) is 3.97. The third-order valence-electron chi connectivity index (χ3n) is 2.30. The molecular formula is C12H13F4N. The van der Waals surface area contributed by atoms with Gasteiger partial charge in [0.15, 0.2) is 0 Å². The highest BCUT2D eigenvalue weighted by atomic mass is 19.4. The zero-order valence-corrected chi connectivity index (χ0v) is 9.31. The van der Waals surface area contributed by atoms with Gasteiger partial charge in [0.2, 0.25) is 0 Å². The van der Waals surface area contributed by atoms with Crippen LogP contribution >= 0.6 is 0 Å². The summed E-state index contributed by atoms with van der Waals surface area (Å²) < 4.78 is 51.5. The average molecular weight is 247 g/mol. The summed E-state index contributed by atoms with van der Waals surface area (Å²) in [6, 6.07) is 1.79. The molecule has 0 fully saturated rings. The molecule has 0 amide bonds. The standard InChI is InChI=1S/C12H13F4N/c1-7(2)6-10(17)11-8(12(14,15)16)4-3-5-9(11)13/h3-5,10H,1,6,17H2,2H3/t10-/m0/s1. The lowest BCUT2D eigenvalue weighted by molar-refractivity contribution is -0.138. The molecule has 1 nitrogen and oxygen atoms in total. The molecule has 0 heterocycles. The van der Waals surface area contributed by atoms with Gasteiger partial charge in [-0.25, -0.2) is 4.39 Å². The quantitative estimate of drug-likeness (QED) is 0.638. The lowest BCUT2D eigenvalue weighted by atomic mass is 9.95. The minimum absolute atomic E-state index is 0.115. The lowest BCUT2D eigenvalue weighted by Gasteiger charge is -2.19. The van der Waals surface area contributed by atoms with Gasteiger partial charge >= 0.3 is 6.18 Å². The maximum absolute atomic E-state index is 13.5. The number of hydrogen-bond acceptors (Lipinski definition) is 1. The summed E-state index contributed by atoms with van der Waals surface area (Å²) in [6.07, 6.45) is -4.49. The first-order valence-corrected chi connectivity index (χ1v) is 4.99. The van der Waals surface area contributed by atoms with Crippen LogP contribution in [0.3, 0.4) is 0 Å².